The van der Waals surface area contributed by atoms with Crippen LogP contribution in [0.1, 0.15) is 21.7 Å². The predicted octanol–water partition coefficient (Wildman–Crippen LogP) is 1.51. The summed E-state index contributed by atoms with van der Waals surface area (Å²) in [5.41, 5.74) is 0.364. The van der Waals surface area contributed by atoms with Crippen molar-refractivity contribution in [3.8, 4) is 0 Å². The SMILES string of the molecule is CSCC[C@@H](NC(=O)/C(=C\c1cccs1)NC(=O)c1ccccc1)C(=O)[O-]. The molecule has 1 aromatic heterocycles. The number of carbonyl (C=O) groups is 3. The Balaban J connectivity index is 2.20. The Bertz CT molecular complexity index is 804. The van der Waals surface area contributed by atoms with Crippen LogP contribution in [0.5, 0.6) is 0 Å². The number of carboxylic acids is 1. The molecule has 1 atom stereocenters. The maximum Gasteiger partial charge on any atom is 0.268 e. The number of carboxylic acid groups (broad SMARTS) is 1. The Hall–Kier alpha value is -2.58. The zero-order valence-corrected chi connectivity index (χ0v) is 16.3. The summed E-state index contributed by atoms with van der Waals surface area (Å²) in [7, 11) is 0. The monoisotopic (exact) mass is 403 g/mol. The van der Waals surface area contributed by atoms with Gasteiger partial charge < -0.3 is 20.5 Å². The lowest BCUT2D eigenvalue weighted by Gasteiger charge is -2.20. The van der Waals surface area contributed by atoms with Crippen molar-refractivity contribution in [3.63, 3.8) is 0 Å². The van der Waals surface area contributed by atoms with Gasteiger partial charge in [0.1, 0.15) is 5.70 Å². The van der Waals surface area contributed by atoms with Gasteiger partial charge in [-0.05, 0) is 48.1 Å². The maximum absolute atomic E-state index is 12.6. The Morgan fingerprint density at radius 2 is 1.93 bits per heavy atom. The summed E-state index contributed by atoms with van der Waals surface area (Å²) in [6, 6.07) is 10.9. The first-order valence-electron chi connectivity index (χ1n) is 8.13. The van der Waals surface area contributed by atoms with Crippen LogP contribution in [0, 0.1) is 0 Å². The highest BCUT2D eigenvalue weighted by Crippen LogP contribution is 2.13. The second-order valence-corrected chi connectivity index (χ2v) is 7.49. The van der Waals surface area contributed by atoms with Gasteiger partial charge in [-0.2, -0.15) is 11.8 Å². The molecule has 0 radical (unpaired) electrons. The minimum absolute atomic E-state index is 0.0262. The third-order valence-electron chi connectivity index (χ3n) is 3.56. The van der Waals surface area contributed by atoms with Crippen LogP contribution < -0.4 is 15.7 Å². The molecule has 0 aliphatic heterocycles. The number of carbonyl (C=O) groups excluding carboxylic acids is 3. The van der Waals surface area contributed by atoms with Crippen molar-refractivity contribution < 1.29 is 19.5 Å². The van der Waals surface area contributed by atoms with Crippen LogP contribution in [0.2, 0.25) is 0 Å². The summed E-state index contributed by atoms with van der Waals surface area (Å²) in [6.07, 6.45) is 3.59. The average Bonchev–Trinajstić information content (AvgIpc) is 3.18. The van der Waals surface area contributed by atoms with Gasteiger partial charge in [0.2, 0.25) is 0 Å². The van der Waals surface area contributed by atoms with Crippen molar-refractivity contribution in [1.82, 2.24) is 10.6 Å². The van der Waals surface area contributed by atoms with Crippen molar-refractivity contribution in [2.45, 2.75) is 12.5 Å². The Kier molecular flexibility index (Phi) is 8.09. The minimum atomic E-state index is -1.36. The van der Waals surface area contributed by atoms with Crippen molar-refractivity contribution >= 4 is 47.0 Å². The van der Waals surface area contributed by atoms with Gasteiger partial charge in [-0.25, -0.2) is 0 Å². The lowest BCUT2D eigenvalue weighted by Crippen LogP contribution is -2.50. The second kappa shape index (κ2) is 10.5. The van der Waals surface area contributed by atoms with E-state index in [0.29, 0.717) is 11.3 Å². The number of rotatable bonds is 9. The first-order valence-corrected chi connectivity index (χ1v) is 10.4. The highest BCUT2D eigenvalue weighted by Gasteiger charge is 2.19. The Morgan fingerprint density at radius 3 is 2.52 bits per heavy atom. The fourth-order valence-corrected chi connectivity index (χ4v) is 3.31. The van der Waals surface area contributed by atoms with Crippen molar-refractivity contribution in [2.75, 3.05) is 12.0 Å². The number of thiophene rings is 1. The molecule has 2 N–H and O–H groups in total. The number of thioether (sulfide) groups is 1. The van der Waals surface area contributed by atoms with Gasteiger partial charge in [0.05, 0.1) is 12.0 Å². The molecule has 6 nitrogen and oxygen atoms in total. The number of aliphatic carboxylic acids is 1. The van der Waals surface area contributed by atoms with E-state index in [1.807, 2.05) is 17.7 Å². The van der Waals surface area contributed by atoms with Crippen LogP contribution in [-0.4, -0.2) is 35.8 Å². The Morgan fingerprint density at radius 1 is 1.19 bits per heavy atom. The van der Waals surface area contributed by atoms with Crippen LogP contribution in [0.15, 0.2) is 53.5 Å². The molecular weight excluding hydrogens is 384 g/mol. The number of hydrogen-bond acceptors (Lipinski definition) is 6. The van der Waals surface area contributed by atoms with Crippen molar-refractivity contribution in [1.29, 1.82) is 0 Å². The molecule has 27 heavy (non-hydrogen) atoms. The molecule has 0 aliphatic rings. The molecule has 0 saturated heterocycles. The highest BCUT2D eigenvalue weighted by atomic mass is 32.2. The van der Waals surface area contributed by atoms with Crippen LogP contribution >= 0.6 is 23.1 Å². The van der Waals surface area contributed by atoms with E-state index in [-0.39, 0.29) is 12.1 Å². The van der Waals surface area contributed by atoms with E-state index in [2.05, 4.69) is 10.6 Å². The molecule has 0 unspecified atom stereocenters. The molecule has 2 rings (SSSR count). The quantitative estimate of drug-likeness (QED) is 0.619. The first kappa shape index (κ1) is 20.7. The Labute approximate surface area is 165 Å². The summed E-state index contributed by atoms with van der Waals surface area (Å²) in [5, 5.41) is 18.1. The van der Waals surface area contributed by atoms with Crippen LogP contribution in [0.3, 0.4) is 0 Å². The van der Waals surface area contributed by atoms with Gasteiger partial charge in [-0.3, -0.25) is 9.59 Å². The minimum Gasteiger partial charge on any atom is -0.548 e. The van der Waals surface area contributed by atoms with E-state index in [4.69, 9.17) is 0 Å². The number of hydrogen-bond donors (Lipinski definition) is 2. The van der Waals surface area contributed by atoms with Crippen molar-refractivity contribution in [3.05, 3.63) is 64.0 Å². The van der Waals surface area contributed by atoms with E-state index < -0.39 is 23.8 Å². The zero-order chi connectivity index (χ0) is 19.6. The third kappa shape index (κ3) is 6.58. The fourth-order valence-electron chi connectivity index (χ4n) is 2.18. The zero-order valence-electron chi connectivity index (χ0n) is 14.6. The smallest absolute Gasteiger partial charge is 0.268 e. The second-order valence-electron chi connectivity index (χ2n) is 5.52. The predicted molar refractivity (Wildman–Crippen MR) is 106 cm³/mol. The number of nitrogens with one attached hydrogen (secondary N) is 2. The third-order valence-corrected chi connectivity index (χ3v) is 5.02. The molecule has 0 spiro atoms. The standard InChI is InChI=1S/C19H20N2O4S2/c1-26-11-9-15(19(24)25)20-18(23)16(12-14-8-5-10-27-14)21-17(22)13-6-3-2-4-7-13/h2-8,10,12,15H,9,11H2,1H3,(H,20,23)(H,21,22)(H,24,25)/p-1/b16-12+/t15-/m1/s1. The molecular formula is C19H19N2O4S2-. The van der Waals surface area contributed by atoms with Crippen molar-refractivity contribution in [2.24, 2.45) is 0 Å². The van der Waals surface area contributed by atoms with Gasteiger partial charge in [0.25, 0.3) is 11.8 Å². The molecule has 142 valence electrons. The molecule has 0 fully saturated rings. The highest BCUT2D eigenvalue weighted by molar-refractivity contribution is 7.98. The van der Waals surface area contributed by atoms with E-state index in [1.165, 1.54) is 29.2 Å². The molecule has 0 aliphatic carbocycles. The molecule has 8 heteroatoms. The van der Waals surface area contributed by atoms with Gasteiger partial charge in [0.15, 0.2) is 0 Å². The molecule has 0 bridgehead atoms. The normalized spacial score (nSPS) is 12.3. The largest absolute Gasteiger partial charge is 0.548 e. The molecule has 0 saturated carbocycles. The number of amides is 2. The van der Waals surface area contributed by atoms with Gasteiger partial charge >= 0.3 is 0 Å². The lowest BCUT2D eigenvalue weighted by atomic mass is 10.2. The summed E-state index contributed by atoms with van der Waals surface area (Å²) >= 11 is 2.86. The summed E-state index contributed by atoms with van der Waals surface area (Å²) in [4.78, 5) is 37.1. The maximum atomic E-state index is 12.6. The van der Waals surface area contributed by atoms with E-state index in [1.54, 1.807) is 36.4 Å². The van der Waals surface area contributed by atoms with Crippen LogP contribution in [0.25, 0.3) is 6.08 Å². The van der Waals surface area contributed by atoms with E-state index in [0.717, 1.165) is 4.88 Å². The van der Waals surface area contributed by atoms with Gasteiger partial charge in [-0.15, -0.1) is 11.3 Å². The summed E-state index contributed by atoms with van der Waals surface area (Å²) in [6.45, 7) is 0. The van der Waals surface area contributed by atoms with E-state index >= 15 is 0 Å². The molecule has 1 heterocycles. The topological polar surface area (TPSA) is 98.3 Å². The molecule has 1 aromatic carbocycles. The van der Waals surface area contributed by atoms with Crippen LogP contribution in [-0.2, 0) is 9.59 Å². The van der Waals surface area contributed by atoms with Gasteiger partial charge in [0, 0.05) is 10.4 Å². The van der Waals surface area contributed by atoms with Crippen LogP contribution in [0.4, 0.5) is 0 Å². The summed E-state index contributed by atoms with van der Waals surface area (Å²) in [5.74, 6) is -1.94. The fraction of sp³-hybridized carbons (Fsp3) is 0.211. The molecule has 2 aromatic rings. The lowest BCUT2D eigenvalue weighted by molar-refractivity contribution is -0.308. The molecule has 2 amide bonds. The average molecular weight is 404 g/mol. The first-order chi connectivity index (χ1) is 13.0. The van der Waals surface area contributed by atoms with Gasteiger partial charge in [-0.1, -0.05) is 24.3 Å². The number of benzene rings is 1. The summed E-state index contributed by atoms with van der Waals surface area (Å²) < 4.78 is 0. The van der Waals surface area contributed by atoms with E-state index in [9.17, 15) is 19.5 Å².